The minimum absolute atomic E-state index is 0.688. The van der Waals surface area contributed by atoms with Gasteiger partial charge < -0.3 is 5.41 Å². The minimum atomic E-state index is 0.688. The van der Waals surface area contributed by atoms with Crippen molar-refractivity contribution in [1.82, 2.24) is 0 Å². The lowest BCUT2D eigenvalue weighted by Crippen LogP contribution is -2.00. The second-order valence-corrected chi connectivity index (χ2v) is 2.71. The average molecular weight is 165 g/mol. The van der Waals surface area contributed by atoms with E-state index < -0.39 is 0 Å². The van der Waals surface area contributed by atoms with Crippen LogP contribution in [0.25, 0.3) is 0 Å². The lowest BCUT2D eigenvalue weighted by molar-refractivity contribution is 1.00. The smallest absolute Gasteiger partial charge is 0.0354 e. The fourth-order valence-corrected chi connectivity index (χ4v) is 1.25. The summed E-state index contributed by atoms with van der Waals surface area (Å²) in [5.74, 6) is 0. The zero-order valence-electron chi connectivity index (χ0n) is 8.57. The molecule has 12 heavy (non-hydrogen) atoms. The van der Waals surface area contributed by atoms with Gasteiger partial charge in [0.25, 0.3) is 0 Å². The van der Waals surface area contributed by atoms with E-state index in [0.29, 0.717) is 5.71 Å². The summed E-state index contributed by atoms with van der Waals surface area (Å²) >= 11 is 0. The zero-order valence-corrected chi connectivity index (χ0v) is 8.57. The standard InChI is InChI=1S/C9H13N.C2H6/c1-7-5-3-4-6-9(7)8(2)10;1-2/h5-6,10H,3-4H2,1-2H3;1-2H3. The van der Waals surface area contributed by atoms with E-state index in [4.69, 9.17) is 5.41 Å². The molecule has 0 atom stereocenters. The van der Waals surface area contributed by atoms with Gasteiger partial charge in [-0.3, -0.25) is 0 Å². The fourth-order valence-electron chi connectivity index (χ4n) is 1.25. The van der Waals surface area contributed by atoms with Gasteiger partial charge in [-0.2, -0.15) is 0 Å². The van der Waals surface area contributed by atoms with Crippen molar-refractivity contribution in [3.8, 4) is 0 Å². The normalized spacial score (nSPS) is 15.3. The summed E-state index contributed by atoms with van der Waals surface area (Å²) in [5.41, 5.74) is 3.08. The quantitative estimate of drug-likeness (QED) is 0.573. The van der Waals surface area contributed by atoms with Crippen LogP contribution < -0.4 is 0 Å². The van der Waals surface area contributed by atoms with Crippen LogP contribution in [0.1, 0.15) is 40.5 Å². The van der Waals surface area contributed by atoms with E-state index in [2.05, 4.69) is 19.1 Å². The third-order valence-corrected chi connectivity index (χ3v) is 1.79. The maximum absolute atomic E-state index is 7.41. The van der Waals surface area contributed by atoms with Gasteiger partial charge in [0, 0.05) is 5.71 Å². The highest BCUT2D eigenvalue weighted by molar-refractivity contribution is 5.99. The molecular formula is C11H19N. The molecule has 0 spiro atoms. The maximum Gasteiger partial charge on any atom is 0.0354 e. The minimum Gasteiger partial charge on any atom is -0.305 e. The van der Waals surface area contributed by atoms with Crippen LogP contribution in [-0.4, -0.2) is 5.71 Å². The second-order valence-electron chi connectivity index (χ2n) is 2.71. The summed E-state index contributed by atoms with van der Waals surface area (Å²) < 4.78 is 0. The van der Waals surface area contributed by atoms with Crippen LogP contribution >= 0.6 is 0 Å². The van der Waals surface area contributed by atoms with Crippen molar-refractivity contribution in [2.75, 3.05) is 0 Å². The van der Waals surface area contributed by atoms with Gasteiger partial charge in [0.05, 0.1) is 0 Å². The summed E-state index contributed by atoms with van der Waals surface area (Å²) in [7, 11) is 0. The maximum atomic E-state index is 7.41. The zero-order chi connectivity index (χ0) is 9.56. The molecule has 0 aromatic rings. The Bertz CT molecular complexity index is 209. The first-order valence-electron chi connectivity index (χ1n) is 4.64. The Morgan fingerprint density at radius 3 is 2.08 bits per heavy atom. The molecule has 0 aromatic heterocycles. The van der Waals surface area contributed by atoms with Crippen molar-refractivity contribution < 1.29 is 0 Å². The monoisotopic (exact) mass is 165 g/mol. The van der Waals surface area contributed by atoms with Crippen LogP contribution in [0.2, 0.25) is 0 Å². The molecule has 0 saturated carbocycles. The Balaban J connectivity index is 0.000000561. The molecular weight excluding hydrogens is 146 g/mol. The van der Waals surface area contributed by atoms with Crippen molar-refractivity contribution in [1.29, 1.82) is 5.41 Å². The van der Waals surface area contributed by atoms with Crippen LogP contribution in [0.15, 0.2) is 23.3 Å². The average Bonchev–Trinajstić information content (AvgIpc) is 2.08. The summed E-state index contributed by atoms with van der Waals surface area (Å²) in [5, 5.41) is 7.41. The molecule has 0 fully saturated rings. The van der Waals surface area contributed by atoms with Gasteiger partial charge in [-0.15, -0.1) is 0 Å². The van der Waals surface area contributed by atoms with Gasteiger partial charge in [0.1, 0.15) is 0 Å². The molecule has 1 aliphatic rings. The van der Waals surface area contributed by atoms with E-state index in [1.165, 1.54) is 5.57 Å². The molecule has 0 aromatic carbocycles. The number of rotatable bonds is 1. The molecule has 1 nitrogen and oxygen atoms in total. The molecule has 0 unspecified atom stereocenters. The molecule has 0 radical (unpaired) electrons. The van der Waals surface area contributed by atoms with Gasteiger partial charge >= 0.3 is 0 Å². The van der Waals surface area contributed by atoms with Crippen molar-refractivity contribution in [3.63, 3.8) is 0 Å². The fraction of sp³-hybridized carbons (Fsp3) is 0.545. The molecule has 1 aliphatic carbocycles. The van der Waals surface area contributed by atoms with E-state index in [0.717, 1.165) is 18.4 Å². The summed E-state index contributed by atoms with van der Waals surface area (Å²) in [6.07, 6.45) is 6.59. The van der Waals surface area contributed by atoms with Crippen LogP contribution in [0, 0.1) is 5.41 Å². The lowest BCUT2D eigenvalue weighted by Gasteiger charge is -2.10. The van der Waals surface area contributed by atoms with Crippen molar-refractivity contribution >= 4 is 5.71 Å². The van der Waals surface area contributed by atoms with Gasteiger partial charge in [0.2, 0.25) is 0 Å². The van der Waals surface area contributed by atoms with Gasteiger partial charge in [0.15, 0.2) is 0 Å². The Morgan fingerprint density at radius 2 is 1.75 bits per heavy atom. The molecule has 0 heterocycles. The topological polar surface area (TPSA) is 23.9 Å². The molecule has 0 saturated heterocycles. The first-order valence-corrected chi connectivity index (χ1v) is 4.64. The molecule has 1 N–H and O–H groups in total. The number of hydrogen-bond acceptors (Lipinski definition) is 1. The first kappa shape index (κ1) is 11.2. The van der Waals surface area contributed by atoms with Crippen LogP contribution in [0.4, 0.5) is 0 Å². The first-order chi connectivity index (χ1) is 5.72. The lowest BCUT2D eigenvalue weighted by atomic mass is 9.96. The van der Waals surface area contributed by atoms with Crippen molar-refractivity contribution in [3.05, 3.63) is 23.3 Å². The van der Waals surface area contributed by atoms with Crippen LogP contribution in [0.3, 0.4) is 0 Å². The van der Waals surface area contributed by atoms with Gasteiger partial charge in [-0.1, -0.05) is 26.0 Å². The predicted molar refractivity (Wildman–Crippen MR) is 55.8 cm³/mol. The predicted octanol–water partition coefficient (Wildman–Crippen LogP) is 3.72. The highest BCUT2D eigenvalue weighted by Crippen LogP contribution is 2.18. The molecule has 0 amide bonds. The molecule has 1 rings (SSSR count). The molecule has 68 valence electrons. The Hall–Kier alpha value is -0.850. The van der Waals surface area contributed by atoms with Crippen LogP contribution in [-0.2, 0) is 0 Å². The van der Waals surface area contributed by atoms with Crippen LogP contribution in [0.5, 0.6) is 0 Å². The Labute approximate surface area is 75.7 Å². The van der Waals surface area contributed by atoms with Gasteiger partial charge in [-0.25, -0.2) is 0 Å². The van der Waals surface area contributed by atoms with E-state index >= 15 is 0 Å². The van der Waals surface area contributed by atoms with E-state index in [1.807, 2.05) is 20.8 Å². The molecule has 1 heteroatoms. The number of hydrogen-bond donors (Lipinski definition) is 1. The van der Waals surface area contributed by atoms with Crippen molar-refractivity contribution in [2.45, 2.75) is 40.5 Å². The second kappa shape index (κ2) is 5.76. The number of allylic oxidation sites excluding steroid dienone is 4. The largest absolute Gasteiger partial charge is 0.305 e. The highest BCUT2D eigenvalue weighted by atomic mass is 14.4. The van der Waals surface area contributed by atoms with Gasteiger partial charge in [-0.05, 0) is 37.8 Å². The Kier molecular flexibility index (Phi) is 5.35. The molecule has 0 bridgehead atoms. The van der Waals surface area contributed by atoms with E-state index in [9.17, 15) is 0 Å². The number of nitrogens with one attached hydrogen (secondary N) is 1. The van der Waals surface area contributed by atoms with E-state index in [-0.39, 0.29) is 0 Å². The van der Waals surface area contributed by atoms with E-state index in [1.54, 1.807) is 0 Å². The summed E-state index contributed by atoms with van der Waals surface area (Å²) in [4.78, 5) is 0. The summed E-state index contributed by atoms with van der Waals surface area (Å²) in [6, 6.07) is 0. The SMILES string of the molecule is CC.CC(=N)C1=CCCC=C1C. The molecule has 0 aliphatic heterocycles. The third kappa shape index (κ3) is 3.04. The highest BCUT2D eigenvalue weighted by Gasteiger charge is 2.04. The Morgan fingerprint density at radius 1 is 1.25 bits per heavy atom. The third-order valence-electron chi connectivity index (χ3n) is 1.79. The van der Waals surface area contributed by atoms with Crippen molar-refractivity contribution in [2.24, 2.45) is 0 Å². The summed E-state index contributed by atoms with van der Waals surface area (Å²) in [6.45, 7) is 7.91.